The average Bonchev–Trinajstić information content (AvgIpc) is 3.08. The van der Waals surface area contributed by atoms with Crippen LogP contribution in [0.2, 0.25) is 0 Å². The van der Waals surface area contributed by atoms with Crippen LogP contribution in [0.15, 0.2) is 54.6 Å². The molecule has 0 saturated heterocycles. The molecule has 176 valence electrons. The van der Waals surface area contributed by atoms with Gasteiger partial charge in [-0.05, 0) is 56.2 Å². The fourth-order valence-electron chi connectivity index (χ4n) is 3.64. The van der Waals surface area contributed by atoms with Gasteiger partial charge in [0.25, 0.3) is 0 Å². The number of ether oxygens (including phenoxy) is 1. The molecule has 0 fully saturated rings. The molecule has 1 heterocycles. The van der Waals surface area contributed by atoms with Gasteiger partial charge >= 0.3 is 6.09 Å². The summed E-state index contributed by atoms with van der Waals surface area (Å²) in [7, 11) is 0. The van der Waals surface area contributed by atoms with Crippen LogP contribution in [-0.4, -0.2) is 22.6 Å². The summed E-state index contributed by atoms with van der Waals surface area (Å²) in [6.45, 7) is 5.70. The van der Waals surface area contributed by atoms with Crippen molar-refractivity contribution in [3.8, 4) is 0 Å². The zero-order valence-corrected chi connectivity index (χ0v) is 19.1. The number of hydrogen-bond donors (Lipinski definition) is 3. The van der Waals surface area contributed by atoms with Crippen LogP contribution in [0.4, 0.5) is 19.3 Å². The van der Waals surface area contributed by atoms with Gasteiger partial charge in [0.05, 0.1) is 6.42 Å². The highest BCUT2D eigenvalue weighted by Gasteiger charge is 2.16. The summed E-state index contributed by atoms with van der Waals surface area (Å²) in [5.41, 5.74) is 2.89. The molecular weight excluding hydrogens is 440 g/mol. The molecule has 0 saturated carbocycles. The molecule has 3 aromatic carbocycles. The summed E-state index contributed by atoms with van der Waals surface area (Å²) in [4.78, 5) is 27.3. The molecule has 34 heavy (non-hydrogen) atoms. The first-order valence-electron chi connectivity index (χ1n) is 10.8. The first-order valence-corrected chi connectivity index (χ1v) is 10.8. The molecule has 0 radical (unpaired) electrons. The van der Waals surface area contributed by atoms with Gasteiger partial charge in [-0.2, -0.15) is 0 Å². The predicted molar refractivity (Wildman–Crippen MR) is 128 cm³/mol. The Balaban J connectivity index is 1.36. The van der Waals surface area contributed by atoms with E-state index >= 15 is 0 Å². The number of anilines is 1. The lowest BCUT2D eigenvalue weighted by Crippen LogP contribution is -2.32. The fraction of sp³-hybridized carbons (Fsp3) is 0.231. The van der Waals surface area contributed by atoms with Crippen molar-refractivity contribution < 1.29 is 23.1 Å². The number of H-pyrrole nitrogens is 1. The first-order chi connectivity index (χ1) is 16.1. The van der Waals surface area contributed by atoms with Crippen LogP contribution in [0, 0.1) is 11.6 Å². The lowest BCUT2D eigenvalue weighted by atomic mass is 10.1. The molecular formula is C26H25F2N3O3. The zero-order valence-electron chi connectivity index (χ0n) is 19.1. The van der Waals surface area contributed by atoms with Crippen LogP contribution in [0.25, 0.3) is 21.8 Å². The number of carbonyl (C=O) groups excluding carboxylic acids is 2. The molecule has 0 aliphatic carbocycles. The Labute approximate surface area is 195 Å². The third-order valence-electron chi connectivity index (χ3n) is 5.14. The molecule has 4 aromatic rings. The lowest BCUT2D eigenvalue weighted by molar-refractivity contribution is -0.115. The highest BCUT2D eigenvalue weighted by molar-refractivity contribution is 6.07. The van der Waals surface area contributed by atoms with Gasteiger partial charge < -0.3 is 20.4 Å². The minimum atomic E-state index is -0.912. The molecule has 0 unspecified atom stereocenters. The van der Waals surface area contributed by atoms with E-state index in [1.165, 1.54) is 6.07 Å². The number of carbonyl (C=O) groups is 2. The second kappa shape index (κ2) is 9.13. The molecule has 1 aromatic heterocycles. The fourth-order valence-corrected chi connectivity index (χ4v) is 3.64. The van der Waals surface area contributed by atoms with Gasteiger partial charge in [-0.15, -0.1) is 0 Å². The van der Waals surface area contributed by atoms with Crippen molar-refractivity contribution in [1.82, 2.24) is 10.3 Å². The molecule has 0 aliphatic rings. The Morgan fingerprint density at radius 3 is 2.24 bits per heavy atom. The van der Waals surface area contributed by atoms with Crippen molar-refractivity contribution in [1.29, 1.82) is 0 Å². The standard InChI is InChI=1S/C26H25F2N3O3/c1-26(2,3)34-25(33)29-14-15-4-7-17(8-5-15)30-24(32)11-16-6-9-18-19-12-20(27)21(28)13-23(19)31-22(18)10-16/h4-10,12-13,31H,11,14H2,1-3H3,(H,29,33)(H,30,32). The van der Waals surface area contributed by atoms with E-state index < -0.39 is 23.3 Å². The van der Waals surface area contributed by atoms with E-state index in [-0.39, 0.29) is 12.3 Å². The van der Waals surface area contributed by atoms with Gasteiger partial charge in [-0.1, -0.05) is 24.3 Å². The second-order valence-electron chi connectivity index (χ2n) is 9.09. The zero-order chi connectivity index (χ0) is 24.5. The molecule has 0 aliphatic heterocycles. The van der Waals surface area contributed by atoms with Gasteiger partial charge in [0.1, 0.15) is 5.60 Å². The molecule has 0 atom stereocenters. The summed E-state index contributed by atoms with van der Waals surface area (Å²) < 4.78 is 32.3. The van der Waals surface area contributed by atoms with Crippen LogP contribution < -0.4 is 10.6 Å². The number of benzene rings is 3. The number of fused-ring (bicyclic) bond motifs is 3. The number of aromatic nitrogens is 1. The summed E-state index contributed by atoms with van der Waals surface area (Å²) in [6.07, 6.45) is -0.359. The van der Waals surface area contributed by atoms with E-state index in [4.69, 9.17) is 4.74 Å². The third-order valence-corrected chi connectivity index (χ3v) is 5.14. The molecule has 4 rings (SSSR count). The summed E-state index contributed by atoms with van der Waals surface area (Å²) in [6, 6.07) is 14.8. The number of nitrogens with one attached hydrogen (secondary N) is 3. The summed E-state index contributed by atoms with van der Waals surface area (Å²) in [5.74, 6) is -2.01. The van der Waals surface area contributed by atoms with Crippen LogP contribution in [0.1, 0.15) is 31.9 Å². The monoisotopic (exact) mass is 465 g/mol. The highest BCUT2D eigenvalue weighted by atomic mass is 19.2. The minimum absolute atomic E-state index is 0.135. The van der Waals surface area contributed by atoms with E-state index in [0.717, 1.165) is 22.6 Å². The molecule has 8 heteroatoms. The van der Waals surface area contributed by atoms with Crippen molar-refractivity contribution in [2.24, 2.45) is 0 Å². The highest BCUT2D eigenvalue weighted by Crippen LogP contribution is 2.28. The lowest BCUT2D eigenvalue weighted by Gasteiger charge is -2.19. The molecule has 0 spiro atoms. The first kappa shape index (κ1) is 23.2. The Bertz CT molecular complexity index is 1370. The average molecular weight is 466 g/mol. The maximum atomic E-state index is 13.6. The molecule has 0 bridgehead atoms. The van der Waals surface area contributed by atoms with Crippen LogP contribution >= 0.6 is 0 Å². The van der Waals surface area contributed by atoms with Crippen molar-refractivity contribution in [3.05, 3.63) is 77.4 Å². The van der Waals surface area contributed by atoms with E-state index in [2.05, 4.69) is 15.6 Å². The van der Waals surface area contributed by atoms with Crippen LogP contribution in [0.5, 0.6) is 0 Å². The maximum Gasteiger partial charge on any atom is 0.407 e. The summed E-state index contributed by atoms with van der Waals surface area (Å²) in [5, 5.41) is 6.88. The van der Waals surface area contributed by atoms with E-state index in [9.17, 15) is 18.4 Å². The topological polar surface area (TPSA) is 83.2 Å². The van der Waals surface area contributed by atoms with Gasteiger partial charge in [0.15, 0.2) is 11.6 Å². The normalized spacial score (nSPS) is 11.6. The predicted octanol–water partition coefficient (Wildman–Crippen LogP) is 5.81. The Kier molecular flexibility index (Phi) is 6.24. The van der Waals surface area contributed by atoms with Gasteiger partial charge in [0.2, 0.25) is 5.91 Å². The Morgan fingerprint density at radius 2 is 1.53 bits per heavy atom. The smallest absolute Gasteiger partial charge is 0.407 e. The number of rotatable bonds is 5. The number of amides is 2. The minimum Gasteiger partial charge on any atom is -0.444 e. The molecule has 2 amide bonds. The van der Waals surface area contributed by atoms with E-state index in [0.29, 0.717) is 28.7 Å². The Morgan fingerprint density at radius 1 is 0.882 bits per heavy atom. The summed E-state index contributed by atoms with van der Waals surface area (Å²) >= 11 is 0. The number of hydrogen-bond acceptors (Lipinski definition) is 3. The number of alkyl carbamates (subject to hydrolysis) is 1. The van der Waals surface area contributed by atoms with Gasteiger partial charge in [-0.25, -0.2) is 13.6 Å². The quantitative estimate of drug-likeness (QED) is 0.348. The largest absolute Gasteiger partial charge is 0.444 e. The Hall–Kier alpha value is -3.94. The maximum absolute atomic E-state index is 13.6. The number of halogens is 2. The SMILES string of the molecule is CC(C)(C)OC(=O)NCc1ccc(NC(=O)Cc2ccc3c(c2)[nH]c2cc(F)c(F)cc23)cc1. The second-order valence-corrected chi connectivity index (χ2v) is 9.09. The molecule has 3 N–H and O–H groups in total. The number of aromatic amines is 1. The van der Waals surface area contributed by atoms with Crippen molar-refractivity contribution in [3.63, 3.8) is 0 Å². The van der Waals surface area contributed by atoms with Crippen LogP contribution in [-0.2, 0) is 22.5 Å². The van der Waals surface area contributed by atoms with Crippen molar-refractivity contribution in [2.45, 2.75) is 39.3 Å². The van der Waals surface area contributed by atoms with Crippen molar-refractivity contribution >= 4 is 39.5 Å². The molecule has 6 nitrogen and oxygen atoms in total. The third kappa shape index (κ3) is 5.51. The van der Waals surface area contributed by atoms with Crippen LogP contribution in [0.3, 0.4) is 0 Å². The van der Waals surface area contributed by atoms with Gasteiger partial charge in [0, 0.05) is 40.1 Å². The van der Waals surface area contributed by atoms with Crippen molar-refractivity contribution in [2.75, 3.05) is 5.32 Å². The van der Waals surface area contributed by atoms with E-state index in [1.807, 2.05) is 12.1 Å². The van der Waals surface area contributed by atoms with E-state index in [1.54, 1.807) is 51.1 Å². The van der Waals surface area contributed by atoms with Gasteiger partial charge in [-0.3, -0.25) is 4.79 Å².